The highest BCUT2D eigenvalue weighted by Crippen LogP contribution is 2.22. The molecule has 3 aromatic heterocycles. The van der Waals surface area contributed by atoms with E-state index in [9.17, 15) is 0 Å². The normalized spacial score (nSPS) is 10.7. The molecular formula is C9H7N5S. The highest BCUT2D eigenvalue weighted by atomic mass is 32.1. The summed E-state index contributed by atoms with van der Waals surface area (Å²) in [6, 6.07) is 5.82. The summed E-state index contributed by atoms with van der Waals surface area (Å²) in [6.45, 7) is 0. The maximum absolute atomic E-state index is 4.37. The van der Waals surface area contributed by atoms with E-state index in [1.165, 1.54) is 0 Å². The first-order valence-electron chi connectivity index (χ1n) is 4.39. The molecule has 0 spiro atoms. The Kier molecular flexibility index (Phi) is 1.85. The number of aromatic nitrogens is 5. The van der Waals surface area contributed by atoms with Crippen molar-refractivity contribution in [2.75, 3.05) is 0 Å². The molecule has 6 heteroatoms. The summed E-state index contributed by atoms with van der Waals surface area (Å²) in [5.41, 5.74) is 0.814. The van der Waals surface area contributed by atoms with Crippen molar-refractivity contribution in [2.24, 2.45) is 0 Å². The van der Waals surface area contributed by atoms with E-state index in [0.717, 1.165) is 16.4 Å². The fraction of sp³-hybridized carbons (Fsp3) is 0. The van der Waals surface area contributed by atoms with Crippen LogP contribution < -0.4 is 0 Å². The zero-order chi connectivity index (χ0) is 10.1. The Morgan fingerprint density at radius 1 is 1.20 bits per heavy atom. The van der Waals surface area contributed by atoms with Gasteiger partial charge in [-0.1, -0.05) is 6.07 Å². The van der Waals surface area contributed by atoms with Crippen LogP contribution in [0.2, 0.25) is 0 Å². The topological polar surface area (TPSA) is 70.2 Å². The van der Waals surface area contributed by atoms with Crippen molar-refractivity contribution in [3.8, 4) is 22.2 Å². The number of hydrogen-bond donors (Lipinski definition) is 2. The fourth-order valence-electron chi connectivity index (χ4n) is 1.29. The van der Waals surface area contributed by atoms with Gasteiger partial charge >= 0.3 is 0 Å². The average molecular weight is 217 g/mol. The summed E-state index contributed by atoms with van der Waals surface area (Å²) < 4.78 is 0. The molecule has 0 amide bonds. The smallest absolute Gasteiger partial charge is 0.199 e. The van der Waals surface area contributed by atoms with Gasteiger partial charge in [-0.2, -0.15) is 10.2 Å². The number of rotatable bonds is 2. The predicted molar refractivity (Wildman–Crippen MR) is 57.3 cm³/mol. The van der Waals surface area contributed by atoms with Crippen LogP contribution in [0.4, 0.5) is 0 Å². The number of hydrogen-bond acceptors (Lipinski definition) is 4. The zero-order valence-electron chi connectivity index (χ0n) is 7.64. The summed E-state index contributed by atoms with van der Waals surface area (Å²) in [4.78, 5) is 5.44. The Morgan fingerprint density at radius 3 is 2.93 bits per heavy atom. The highest BCUT2D eigenvalue weighted by molar-refractivity contribution is 7.13. The van der Waals surface area contributed by atoms with Crippen molar-refractivity contribution in [3.05, 3.63) is 29.8 Å². The summed E-state index contributed by atoms with van der Waals surface area (Å²) >= 11 is 1.63. The SMILES string of the molecule is c1csc(-c2nc(-c3ccn[nH]3)n[nH]2)c1. The molecule has 0 bridgehead atoms. The molecule has 2 N–H and O–H groups in total. The Hall–Kier alpha value is -1.95. The molecular weight excluding hydrogens is 210 g/mol. The van der Waals surface area contributed by atoms with Gasteiger partial charge in [0.05, 0.1) is 4.88 Å². The number of H-pyrrole nitrogens is 2. The molecule has 0 atom stereocenters. The molecule has 0 saturated heterocycles. The standard InChI is InChI=1S/C9H7N5S/c1-2-7(15-5-1)9-11-8(13-14-9)6-3-4-10-12-6/h1-5H,(H,10,12)(H,11,13,14). The molecule has 0 unspecified atom stereocenters. The lowest BCUT2D eigenvalue weighted by molar-refractivity contribution is 1.06. The van der Waals surface area contributed by atoms with Crippen molar-refractivity contribution in [3.63, 3.8) is 0 Å². The van der Waals surface area contributed by atoms with E-state index in [0.29, 0.717) is 5.82 Å². The van der Waals surface area contributed by atoms with Gasteiger partial charge in [0.2, 0.25) is 0 Å². The first-order chi connectivity index (χ1) is 7.43. The molecule has 3 heterocycles. The lowest BCUT2D eigenvalue weighted by Crippen LogP contribution is -1.80. The van der Waals surface area contributed by atoms with E-state index < -0.39 is 0 Å². The summed E-state index contributed by atoms with van der Waals surface area (Å²) in [7, 11) is 0. The van der Waals surface area contributed by atoms with Crippen LogP contribution in [0.3, 0.4) is 0 Å². The molecule has 3 aromatic rings. The Labute approximate surface area is 89.2 Å². The van der Waals surface area contributed by atoms with Gasteiger partial charge < -0.3 is 0 Å². The lowest BCUT2D eigenvalue weighted by atomic mass is 10.4. The van der Waals surface area contributed by atoms with Crippen molar-refractivity contribution in [1.29, 1.82) is 0 Å². The third kappa shape index (κ3) is 1.44. The van der Waals surface area contributed by atoms with Crippen LogP contribution in [0.25, 0.3) is 22.2 Å². The van der Waals surface area contributed by atoms with Crippen LogP contribution in [-0.2, 0) is 0 Å². The zero-order valence-corrected chi connectivity index (χ0v) is 8.45. The molecule has 0 aliphatic carbocycles. The molecule has 74 valence electrons. The fourth-order valence-corrected chi connectivity index (χ4v) is 1.95. The van der Waals surface area contributed by atoms with E-state index in [1.807, 2.05) is 23.6 Å². The molecule has 0 aliphatic heterocycles. The molecule has 5 nitrogen and oxygen atoms in total. The molecule has 0 fully saturated rings. The first kappa shape index (κ1) is 8.37. The van der Waals surface area contributed by atoms with Crippen molar-refractivity contribution < 1.29 is 0 Å². The summed E-state index contributed by atoms with van der Waals surface area (Å²) in [5.74, 6) is 1.42. The van der Waals surface area contributed by atoms with Gasteiger partial charge in [-0.05, 0) is 17.5 Å². The van der Waals surface area contributed by atoms with Gasteiger partial charge in [0.25, 0.3) is 0 Å². The second kappa shape index (κ2) is 3.32. The Morgan fingerprint density at radius 2 is 2.20 bits per heavy atom. The van der Waals surface area contributed by atoms with E-state index in [1.54, 1.807) is 17.5 Å². The molecule has 15 heavy (non-hydrogen) atoms. The van der Waals surface area contributed by atoms with Crippen molar-refractivity contribution in [1.82, 2.24) is 25.4 Å². The molecule has 3 rings (SSSR count). The van der Waals surface area contributed by atoms with E-state index in [4.69, 9.17) is 0 Å². The molecule has 0 radical (unpaired) electrons. The summed E-state index contributed by atoms with van der Waals surface area (Å²) in [6.07, 6.45) is 1.68. The van der Waals surface area contributed by atoms with Gasteiger partial charge in [0, 0.05) is 6.20 Å². The van der Waals surface area contributed by atoms with Crippen LogP contribution in [-0.4, -0.2) is 25.4 Å². The monoisotopic (exact) mass is 217 g/mol. The molecule has 0 saturated carbocycles. The summed E-state index contributed by atoms with van der Waals surface area (Å²) in [5, 5.41) is 15.7. The highest BCUT2D eigenvalue weighted by Gasteiger charge is 2.08. The second-order valence-electron chi connectivity index (χ2n) is 2.96. The van der Waals surface area contributed by atoms with Gasteiger partial charge in [-0.3, -0.25) is 10.2 Å². The van der Waals surface area contributed by atoms with Crippen LogP contribution in [0, 0.1) is 0 Å². The van der Waals surface area contributed by atoms with Crippen LogP contribution in [0.15, 0.2) is 29.8 Å². The lowest BCUT2D eigenvalue weighted by Gasteiger charge is -1.86. The maximum Gasteiger partial charge on any atom is 0.199 e. The van der Waals surface area contributed by atoms with Gasteiger partial charge in [-0.25, -0.2) is 4.98 Å². The number of aromatic amines is 2. The third-order valence-corrected chi connectivity index (χ3v) is 2.86. The van der Waals surface area contributed by atoms with E-state index in [-0.39, 0.29) is 0 Å². The minimum absolute atomic E-state index is 0.635. The maximum atomic E-state index is 4.37. The van der Waals surface area contributed by atoms with Crippen molar-refractivity contribution >= 4 is 11.3 Å². The van der Waals surface area contributed by atoms with Gasteiger partial charge in [-0.15, -0.1) is 11.3 Å². The minimum atomic E-state index is 0.635. The van der Waals surface area contributed by atoms with Crippen LogP contribution in [0.1, 0.15) is 0 Å². The Bertz CT molecular complexity index is 488. The Balaban J connectivity index is 2.02. The minimum Gasteiger partial charge on any atom is -0.275 e. The largest absolute Gasteiger partial charge is 0.275 e. The van der Waals surface area contributed by atoms with E-state index in [2.05, 4.69) is 25.4 Å². The van der Waals surface area contributed by atoms with Gasteiger partial charge in [0.15, 0.2) is 11.6 Å². The van der Waals surface area contributed by atoms with Crippen LogP contribution >= 0.6 is 11.3 Å². The van der Waals surface area contributed by atoms with Gasteiger partial charge in [0.1, 0.15) is 5.69 Å². The quantitative estimate of drug-likeness (QED) is 0.689. The predicted octanol–water partition coefficient (Wildman–Crippen LogP) is 1.92. The first-order valence-corrected chi connectivity index (χ1v) is 5.27. The van der Waals surface area contributed by atoms with E-state index >= 15 is 0 Å². The van der Waals surface area contributed by atoms with Crippen LogP contribution in [0.5, 0.6) is 0 Å². The van der Waals surface area contributed by atoms with Crippen molar-refractivity contribution in [2.45, 2.75) is 0 Å². The number of nitrogens with zero attached hydrogens (tertiary/aromatic N) is 3. The second-order valence-corrected chi connectivity index (χ2v) is 3.90. The molecule has 0 aliphatic rings. The third-order valence-electron chi connectivity index (χ3n) is 1.98. The number of thiophene rings is 1. The average Bonchev–Trinajstić information content (AvgIpc) is 3.02. The molecule has 0 aromatic carbocycles. The number of nitrogens with one attached hydrogen (secondary N) is 2.